The summed E-state index contributed by atoms with van der Waals surface area (Å²) in [6.45, 7) is 0.0672. The number of thioether (sulfide) groups is 1. The average Bonchev–Trinajstić information content (AvgIpc) is 2.48. The van der Waals surface area contributed by atoms with Gasteiger partial charge in [0.25, 0.3) is 5.76 Å². The van der Waals surface area contributed by atoms with Crippen molar-refractivity contribution in [2.24, 2.45) is 0 Å². The fraction of sp³-hybridized carbons (Fsp3) is 0.133. The largest absolute Gasteiger partial charge is 0.376 e. The van der Waals surface area contributed by atoms with E-state index in [4.69, 9.17) is 0 Å². The van der Waals surface area contributed by atoms with Crippen molar-refractivity contribution in [3.63, 3.8) is 0 Å². The average molecular weight is 308 g/mol. The summed E-state index contributed by atoms with van der Waals surface area (Å²) < 4.78 is 24.9. The first-order valence-electron chi connectivity index (χ1n) is 6.28. The number of para-hydroxylation sites is 2. The van der Waals surface area contributed by atoms with Crippen molar-refractivity contribution in [1.29, 1.82) is 0 Å². The molecule has 0 spiro atoms. The van der Waals surface area contributed by atoms with E-state index < -0.39 is 5.76 Å². The van der Waals surface area contributed by atoms with E-state index >= 15 is 0 Å². The van der Waals surface area contributed by atoms with Crippen molar-refractivity contribution in [3.05, 3.63) is 54.6 Å². The summed E-state index contributed by atoms with van der Waals surface area (Å²) in [5.41, 5.74) is 1.21. The van der Waals surface area contributed by atoms with Gasteiger partial charge in [-0.3, -0.25) is 4.79 Å². The second-order valence-electron chi connectivity index (χ2n) is 4.14. The fourth-order valence-electron chi connectivity index (χ4n) is 1.70. The third kappa shape index (κ3) is 5.07. The van der Waals surface area contributed by atoms with Crippen molar-refractivity contribution in [3.8, 4) is 0 Å². The predicted octanol–water partition coefficient (Wildman–Crippen LogP) is 4.05. The Morgan fingerprint density at radius 1 is 1.05 bits per heavy atom. The second kappa shape index (κ2) is 7.64. The van der Waals surface area contributed by atoms with Crippen molar-refractivity contribution in [2.45, 2.75) is 10.7 Å². The molecule has 0 aliphatic heterocycles. The van der Waals surface area contributed by atoms with Crippen LogP contribution in [0.25, 0.3) is 0 Å². The molecule has 2 N–H and O–H groups in total. The molecule has 0 atom stereocenters. The molecule has 21 heavy (non-hydrogen) atoms. The first kappa shape index (κ1) is 15.3. The molecule has 2 aromatic rings. The Balaban J connectivity index is 1.93. The minimum absolute atomic E-state index is 0.0672. The minimum Gasteiger partial charge on any atom is -0.376 e. The molecule has 0 heterocycles. The van der Waals surface area contributed by atoms with E-state index in [1.54, 1.807) is 24.3 Å². The molecule has 0 bridgehead atoms. The van der Waals surface area contributed by atoms with Crippen LogP contribution in [0.3, 0.4) is 0 Å². The molecule has 6 heteroatoms. The number of hydrogen-bond donors (Lipinski definition) is 2. The van der Waals surface area contributed by atoms with Gasteiger partial charge in [-0.2, -0.15) is 8.78 Å². The van der Waals surface area contributed by atoms with Gasteiger partial charge >= 0.3 is 0 Å². The van der Waals surface area contributed by atoms with E-state index in [0.29, 0.717) is 22.3 Å². The van der Waals surface area contributed by atoms with Gasteiger partial charge in [0.2, 0.25) is 5.91 Å². The van der Waals surface area contributed by atoms with E-state index in [1.165, 1.54) is 0 Å². The number of amides is 1. The summed E-state index contributed by atoms with van der Waals surface area (Å²) in [6, 6.07) is 15.8. The van der Waals surface area contributed by atoms with Crippen molar-refractivity contribution in [1.82, 2.24) is 0 Å². The van der Waals surface area contributed by atoms with Crippen molar-refractivity contribution >= 4 is 29.0 Å². The Labute approximate surface area is 125 Å². The van der Waals surface area contributed by atoms with E-state index in [2.05, 4.69) is 10.6 Å². The maximum atomic E-state index is 12.4. The summed E-state index contributed by atoms with van der Waals surface area (Å²) in [7, 11) is 0. The standard InChI is InChI=1S/C15H14F2N2OS/c16-15(17)21-13-9-5-4-8-12(13)19-14(20)10-18-11-6-2-1-3-7-11/h1-9,15,18H,10H2,(H,19,20). The van der Waals surface area contributed by atoms with Gasteiger partial charge in [0, 0.05) is 10.6 Å². The topological polar surface area (TPSA) is 41.1 Å². The Morgan fingerprint density at radius 3 is 2.43 bits per heavy atom. The number of carbonyl (C=O) groups is 1. The molecule has 0 radical (unpaired) electrons. The van der Waals surface area contributed by atoms with Crippen LogP contribution in [0.15, 0.2) is 59.5 Å². The van der Waals surface area contributed by atoms with Crippen molar-refractivity contribution in [2.75, 3.05) is 17.2 Å². The quantitative estimate of drug-likeness (QED) is 0.791. The lowest BCUT2D eigenvalue weighted by Gasteiger charge is -2.11. The van der Waals surface area contributed by atoms with Gasteiger partial charge in [0.05, 0.1) is 12.2 Å². The van der Waals surface area contributed by atoms with Crippen LogP contribution >= 0.6 is 11.8 Å². The minimum atomic E-state index is -2.52. The number of rotatable bonds is 6. The number of carbonyl (C=O) groups excluding carboxylic acids is 1. The maximum Gasteiger partial charge on any atom is 0.288 e. The number of alkyl halides is 2. The normalized spacial score (nSPS) is 10.4. The van der Waals surface area contributed by atoms with Crippen LogP contribution in [0.5, 0.6) is 0 Å². The molecule has 2 rings (SSSR count). The van der Waals surface area contributed by atoms with Gasteiger partial charge in [0.1, 0.15) is 0 Å². The second-order valence-corrected chi connectivity index (χ2v) is 5.17. The lowest BCUT2D eigenvalue weighted by molar-refractivity contribution is -0.114. The highest BCUT2D eigenvalue weighted by molar-refractivity contribution is 7.99. The lowest BCUT2D eigenvalue weighted by Crippen LogP contribution is -2.22. The zero-order valence-electron chi connectivity index (χ0n) is 11.1. The molecule has 3 nitrogen and oxygen atoms in total. The number of halogens is 2. The number of nitrogens with one attached hydrogen (secondary N) is 2. The number of anilines is 2. The molecule has 0 fully saturated rings. The summed E-state index contributed by atoms with van der Waals surface area (Å²) in [4.78, 5) is 12.2. The van der Waals surface area contributed by atoms with Gasteiger partial charge in [-0.1, -0.05) is 42.1 Å². The number of benzene rings is 2. The summed E-state index contributed by atoms with van der Waals surface area (Å²) in [6.07, 6.45) is 0. The third-order valence-corrected chi connectivity index (χ3v) is 3.39. The monoisotopic (exact) mass is 308 g/mol. The smallest absolute Gasteiger partial charge is 0.288 e. The lowest BCUT2D eigenvalue weighted by atomic mass is 10.3. The Kier molecular flexibility index (Phi) is 5.57. The Hall–Kier alpha value is -2.08. The molecular formula is C15H14F2N2OS. The van der Waals surface area contributed by atoms with E-state index in [1.807, 2.05) is 30.3 Å². The van der Waals surface area contributed by atoms with E-state index in [0.717, 1.165) is 5.69 Å². The summed E-state index contributed by atoms with van der Waals surface area (Å²) in [5.74, 6) is -2.81. The molecule has 0 aliphatic rings. The van der Waals surface area contributed by atoms with Gasteiger partial charge in [-0.05, 0) is 24.3 Å². The Bertz CT molecular complexity index is 593. The third-order valence-electron chi connectivity index (χ3n) is 2.60. The molecule has 0 saturated carbocycles. The van der Waals surface area contributed by atoms with E-state index in [9.17, 15) is 13.6 Å². The zero-order chi connectivity index (χ0) is 15.1. The van der Waals surface area contributed by atoms with Crippen LogP contribution in [0.4, 0.5) is 20.2 Å². The van der Waals surface area contributed by atoms with Crippen molar-refractivity contribution < 1.29 is 13.6 Å². The molecule has 110 valence electrons. The van der Waals surface area contributed by atoms with Gasteiger partial charge in [-0.15, -0.1) is 0 Å². The van der Waals surface area contributed by atoms with Gasteiger partial charge < -0.3 is 10.6 Å². The van der Waals surface area contributed by atoms with Gasteiger partial charge in [-0.25, -0.2) is 0 Å². The Morgan fingerprint density at radius 2 is 1.71 bits per heavy atom. The molecule has 2 aromatic carbocycles. The molecule has 0 saturated heterocycles. The first-order chi connectivity index (χ1) is 10.1. The molecule has 0 aromatic heterocycles. The zero-order valence-corrected chi connectivity index (χ0v) is 11.9. The molecule has 0 unspecified atom stereocenters. The van der Waals surface area contributed by atoms with E-state index in [-0.39, 0.29) is 12.5 Å². The summed E-state index contributed by atoms with van der Waals surface area (Å²) >= 11 is 0.413. The SMILES string of the molecule is O=C(CNc1ccccc1)Nc1ccccc1SC(F)F. The predicted molar refractivity (Wildman–Crippen MR) is 81.9 cm³/mol. The van der Waals surface area contributed by atoms with Crippen LogP contribution < -0.4 is 10.6 Å². The van der Waals surface area contributed by atoms with Crippen LogP contribution in [0.1, 0.15) is 0 Å². The molecule has 1 amide bonds. The van der Waals surface area contributed by atoms with Crippen LogP contribution in [0.2, 0.25) is 0 Å². The van der Waals surface area contributed by atoms with Gasteiger partial charge in [0.15, 0.2) is 0 Å². The highest BCUT2D eigenvalue weighted by atomic mass is 32.2. The first-order valence-corrected chi connectivity index (χ1v) is 7.16. The highest BCUT2D eigenvalue weighted by Crippen LogP contribution is 2.31. The molecular weight excluding hydrogens is 294 g/mol. The molecule has 0 aliphatic carbocycles. The van der Waals surface area contributed by atoms with Crippen LogP contribution in [-0.2, 0) is 4.79 Å². The number of hydrogen-bond acceptors (Lipinski definition) is 3. The fourth-order valence-corrected chi connectivity index (χ4v) is 2.30. The maximum absolute atomic E-state index is 12.4. The van der Waals surface area contributed by atoms with Crippen LogP contribution in [0, 0.1) is 0 Å². The van der Waals surface area contributed by atoms with Crippen LogP contribution in [-0.4, -0.2) is 18.2 Å². The highest BCUT2D eigenvalue weighted by Gasteiger charge is 2.11. The summed E-state index contributed by atoms with van der Waals surface area (Å²) in [5, 5.41) is 5.59.